The van der Waals surface area contributed by atoms with Gasteiger partial charge in [0.15, 0.2) is 0 Å². The van der Waals surface area contributed by atoms with Gasteiger partial charge in [-0.05, 0) is 24.6 Å². The van der Waals surface area contributed by atoms with Crippen LogP contribution in [0.15, 0.2) is 18.2 Å². The molecule has 0 unspecified atom stereocenters. The monoisotopic (exact) mass is 256 g/mol. The number of aryl methyl sites for hydroxylation is 1. The molecular formula is C11H13ClN2O3. The molecule has 92 valence electrons. The molecule has 0 aliphatic rings. The van der Waals surface area contributed by atoms with Gasteiger partial charge in [0.2, 0.25) is 0 Å². The molecule has 0 bridgehead atoms. The van der Waals surface area contributed by atoms with E-state index < -0.39 is 12.0 Å². The van der Waals surface area contributed by atoms with Crippen molar-refractivity contribution in [3.63, 3.8) is 0 Å². The summed E-state index contributed by atoms with van der Waals surface area (Å²) in [7, 11) is 1.41. The fourth-order valence-corrected chi connectivity index (χ4v) is 1.39. The average molecular weight is 257 g/mol. The van der Waals surface area contributed by atoms with E-state index >= 15 is 0 Å². The molecule has 1 rings (SSSR count). The summed E-state index contributed by atoms with van der Waals surface area (Å²) in [6.45, 7) is 1.47. The highest BCUT2D eigenvalue weighted by Gasteiger charge is 2.12. The number of carbonyl (C=O) groups excluding carboxylic acids is 1. The molecule has 6 heteroatoms. The highest BCUT2D eigenvalue weighted by Crippen LogP contribution is 2.20. The van der Waals surface area contributed by atoms with E-state index in [4.69, 9.17) is 16.7 Å². The zero-order valence-electron chi connectivity index (χ0n) is 9.53. The molecule has 2 N–H and O–H groups in total. The number of nitrogens with one attached hydrogen (secondary N) is 1. The second-order valence-electron chi connectivity index (χ2n) is 3.64. The molecule has 5 nitrogen and oxygen atoms in total. The third kappa shape index (κ3) is 3.96. The minimum Gasteiger partial charge on any atom is -0.480 e. The van der Waals surface area contributed by atoms with Gasteiger partial charge in [-0.25, -0.2) is 4.79 Å². The lowest BCUT2D eigenvalue weighted by Crippen LogP contribution is -2.35. The summed E-state index contributed by atoms with van der Waals surface area (Å²) >= 11 is 5.81. The lowest BCUT2D eigenvalue weighted by molar-refractivity contribution is -0.137. The minimum absolute atomic E-state index is 0.356. The molecule has 0 atom stereocenters. The number of likely N-dealkylation sites (N-methyl/N-ethyl adjacent to an activating group) is 1. The maximum absolute atomic E-state index is 11.6. The Kier molecular flexibility index (Phi) is 4.34. The third-order valence-corrected chi connectivity index (χ3v) is 2.40. The number of carboxylic acids is 1. The Hall–Kier alpha value is -1.75. The van der Waals surface area contributed by atoms with E-state index in [9.17, 15) is 9.59 Å². The van der Waals surface area contributed by atoms with E-state index in [0.717, 1.165) is 10.5 Å². The van der Waals surface area contributed by atoms with Gasteiger partial charge in [0.05, 0.1) is 0 Å². The number of halogens is 1. The Morgan fingerprint density at radius 1 is 1.47 bits per heavy atom. The molecule has 0 saturated carbocycles. The Bertz CT molecular complexity index is 448. The molecule has 0 aliphatic carbocycles. The van der Waals surface area contributed by atoms with Crippen LogP contribution in [-0.4, -0.2) is 35.6 Å². The normalized spacial score (nSPS) is 9.82. The molecule has 0 radical (unpaired) electrons. The zero-order chi connectivity index (χ0) is 13.0. The maximum atomic E-state index is 11.6. The number of benzene rings is 1. The molecule has 1 aromatic rings. The summed E-state index contributed by atoms with van der Waals surface area (Å²) in [4.78, 5) is 23.1. The summed E-state index contributed by atoms with van der Waals surface area (Å²) < 4.78 is 0. The molecule has 0 saturated heterocycles. The first-order valence-corrected chi connectivity index (χ1v) is 5.28. The van der Waals surface area contributed by atoms with Crippen LogP contribution < -0.4 is 5.32 Å². The van der Waals surface area contributed by atoms with Crippen LogP contribution in [0.1, 0.15) is 5.56 Å². The van der Waals surface area contributed by atoms with Crippen LogP contribution in [0.2, 0.25) is 5.02 Å². The number of urea groups is 1. The van der Waals surface area contributed by atoms with Crippen molar-refractivity contribution in [3.8, 4) is 0 Å². The second-order valence-corrected chi connectivity index (χ2v) is 4.08. The quantitative estimate of drug-likeness (QED) is 0.871. The van der Waals surface area contributed by atoms with Crippen molar-refractivity contribution in [2.24, 2.45) is 0 Å². The minimum atomic E-state index is -1.06. The Morgan fingerprint density at radius 3 is 2.71 bits per heavy atom. The van der Waals surface area contributed by atoms with Crippen LogP contribution in [0.5, 0.6) is 0 Å². The molecule has 0 spiro atoms. The summed E-state index contributed by atoms with van der Waals surface area (Å²) in [6, 6.07) is 4.62. The third-order valence-electron chi connectivity index (χ3n) is 2.16. The van der Waals surface area contributed by atoms with Gasteiger partial charge in [-0.15, -0.1) is 0 Å². The average Bonchev–Trinajstić information content (AvgIpc) is 2.22. The molecular weight excluding hydrogens is 244 g/mol. The first-order valence-electron chi connectivity index (χ1n) is 4.90. The van der Waals surface area contributed by atoms with Gasteiger partial charge in [0.1, 0.15) is 6.54 Å². The van der Waals surface area contributed by atoms with Crippen LogP contribution in [0.4, 0.5) is 10.5 Å². The predicted molar refractivity (Wildman–Crippen MR) is 65.5 cm³/mol. The van der Waals surface area contributed by atoms with Gasteiger partial charge in [0.25, 0.3) is 0 Å². The molecule has 1 aromatic carbocycles. The second kappa shape index (κ2) is 5.54. The van der Waals surface area contributed by atoms with Gasteiger partial charge < -0.3 is 15.3 Å². The summed E-state index contributed by atoms with van der Waals surface area (Å²) in [5.41, 5.74) is 1.42. The van der Waals surface area contributed by atoms with E-state index in [0.29, 0.717) is 10.7 Å². The van der Waals surface area contributed by atoms with Crippen LogP contribution in [0.3, 0.4) is 0 Å². The lowest BCUT2D eigenvalue weighted by atomic mass is 10.2. The van der Waals surface area contributed by atoms with E-state index in [1.54, 1.807) is 18.2 Å². The van der Waals surface area contributed by atoms with Gasteiger partial charge >= 0.3 is 12.0 Å². The summed E-state index contributed by atoms with van der Waals surface area (Å²) in [5, 5.41) is 11.7. The fourth-order valence-electron chi connectivity index (χ4n) is 1.21. The first-order chi connectivity index (χ1) is 7.90. The number of hydrogen-bond donors (Lipinski definition) is 2. The molecule has 17 heavy (non-hydrogen) atoms. The topological polar surface area (TPSA) is 69.6 Å². The number of carboxylic acid groups (broad SMARTS) is 1. The van der Waals surface area contributed by atoms with Crippen LogP contribution in [0, 0.1) is 6.92 Å². The number of amides is 2. The van der Waals surface area contributed by atoms with Gasteiger partial charge in [-0.1, -0.05) is 17.7 Å². The number of aliphatic carboxylic acids is 1. The van der Waals surface area contributed by atoms with Crippen molar-refractivity contribution >= 4 is 29.3 Å². The first kappa shape index (κ1) is 13.3. The Balaban J connectivity index is 2.73. The molecule has 0 aromatic heterocycles. The number of anilines is 1. The van der Waals surface area contributed by atoms with Crippen molar-refractivity contribution in [1.82, 2.24) is 4.90 Å². The van der Waals surface area contributed by atoms with Crippen molar-refractivity contribution in [2.75, 3.05) is 18.9 Å². The van der Waals surface area contributed by atoms with Crippen LogP contribution >= 0.6 is 11.6 Å². The number of rotatable bonds is 3. The van der Waals surface area contributed by atoms with Crippen LogP contribution in [-0.2, 0) is 4.79 Å². The highest BCUT2D eigenvalue weighted by atomic mass is 35.5. The van der Waals surface area contributed by atoms with Crippen molar-refractivity contribution in [1.29, 1.82) is 0 Å². The fraction of sp³-hybridized carbons (Fsp3) is 0.273. The summed E-state index contributed by atoms with van der Waals surface area (Å²) in [6.07, 6.45) is 0. The van der Waals surface area contributed by atoms with E-state index in [2.05, 4.69) is 5.32 Å². The van der Waals surface area contributed by atoms with Crippen LogP contribution in [0.25, 0.3) is 0 Å². The lowest BCUT2D eigenvalue weighted by Gasteiger charge is -2.16. The van der Waals surface area contributed by atoms with Crippen molar-refractivity contribution in [2.45, 2.75) is 6.92 Å². The zero-order valence-corrected chi connectivity index (χ0v) is 10.3. The van der Waals surface area contributed by atoms with Gasteiger partial charge in [0, 0.05) is 17.8 Å². The molecule has 0 aliphatic heterocycles. The van der Waals surface area contributed by atoms with Gasteiger partial charge in [-0.3, -0.25) is 4.79 Å². The SMILES string of the molecule is Cc1ccc(Cl)cc1NC(=O)N(C)CC(=O)O. The Labute approximate surface area is 104 Å². The standard InChI is InChI=1S/C11H13ClN2O3/c1-7-3-4-8(12)5-9(7)13-11(17)14(2)6-10(15)16/h3-5H,6H2,1-2H3,(H,13,17)(H,15,16). The van der Waals surface area contributed by atoms with E-state index in [-0.39, 0.29) is 6.54 Å². The highest BCUT2D eigenvalue weighted by molar-refractivity contribution is 6.31. The van der Waals surface area contributed by atoms with Gasteiger partial charge in [-0.2, -0.15) is 0 Å². The van der Waals surface area contributed by atoms with Crippen molar-refractivity contribution < 1.29 is 14.7 Å². The number of carbonyl (C=O) groups is 2. The summed E-state index contributed by atoms with van der Waals surface area (Å²) in [5.74, 6) is -1.06. The number of nitrogens with zero attached hydrogens (tertiary/aromatic N) is 1. The largest absolute Gasteiger partial charge is 0.480 e. The van der Waals surface area contributed by atoms with Crippen molar-refractivity contribution in [3.05, 3.63) is 28.8 Å². The molecule has 2 amide bonds. The molecule has 0 fully saturated rings. The van der Waals surface area contributed by atoms with E-state index in [1.807, 2.05) is 6.92 Å². The predicted octanol–water partition coefficient (Wildman–Crippen LogP) is 2.20. The smallest absolute Gasteiger partial charge is 0.323 e. The maximum Gasteiger partial charge on any atom is 0.323 e. The van der Waals surface area contributed by atoms with E-state index in [1.165, 1.54) is 7.05 Å². The molecule has 0 heterocycles. The number of hydrogen-bond acceptors (Lipinski definition) is 2. The Morgan fingerprint density at radius 2 is 2.12 bits per heavy atom.